The highest BCUT2D eigenvalue weighted by atomic mass is 35.5. The van der Waals surface area contributed by atoms with Crippen molar-refractivity contribution >= 4 is 35.8 Å². The Morgan fingerprint density at radius 2 is 1.76 bits per heavy atom. The number of aliphatic imine (C=N–C) groups is 1. The van der Waals surface area contributed by atoms with Gasteiger partial charge in [-0.25, -0.2) is 9.98 Å². The largest absolute Gasteiger partial charge is 0.399 e. The molecule has 5 nitrogen and oxygen atoms in total. The average molecular weight is 512 g/mol. The minimum absolute atomic E-state index is 0. The summed E-state index contributed by atoms with van der Waals surface area (Å²) in [6, 6.07) is 4.20. The Morgan fingerprint density at radius 1 is 1.06 bits per heavy atom. The summed E-state index contributed by atoms with van der Waals surface area (Å²) in [5, 5.41) is 2.76. The summed E-state index contributed by atoms with van der Waals surface area (Å²) in [4.78, 5) is 19.4. The standard InChI is InChI=1S/C24H28F3N5S.ClH/c1-7-32(6)14-30-18-9-15(2)17(8-16(18)3)10-22-31-20(13-33-22)19-11-29-21(12-28-19)23(4,5)24(25,26)27;/h8-9,11-14H,7,10H2,1-6H3;1H. The van der Waals surface area contributed by atoms with Gasteiger partial charge >= 0.3 is 6.18 Å². The summed E-state index contributed by atoms with van der Waals surface area (Å²) in [5.74, 6) is 0. The first-order valence-electron chi connectivity index (χ1n) is 10.6. The maximum Gasteiger partial charge on any atom is 0.399 e. The Morgan fingerprint density at radius 3 is 2.35 bits per heavy atom. The predicted octanol–water partition coefficient (Wildman–Crippen LogP) is 6.68. The monoisotopic (exact) mass is 511 g/mol. The number of alkyl halides is 3. The molecule has 0 radical (unpaired) electrons. The van der Waals surface area contributed by atoms with Gasteiger partial charge in [0.1, 0.15) is 16.8 Å². The number of hydrogen-bond acceptors (Lipinski definition) is 5. The van der Waals surface area contributed by atoms with Gasteiger partial charge in [0.25, 0.3) is 0 Å². The lowest BCUT2D eigenvalue weighted by Crippen LogP contribution is -2.37. The summed E-state index contributed by atoms with van der Waals surface area (Å²) in [7, 11) is 1.98. The smallest absolute Gasteiger partial charge is 0.366 e. The van der Waals surface area contributed by atoms with E-state index in [-0.39, 0.29) is 18.1 Å². The number of aromatic nitrogens is 3. The van der Waals surface area contributed by atoms with Crippen LogP contribution in [0.15, 0.2) is 34.9 Å². The van der Waals surface area contributed by atoms with Gasteiger partial charge < -0.3 is 4.90 Å². The van der Waals surface area contributed by atoms with E-state index in [2.05, 4.69) is 45.9 Å². The van der Waals surface area contributed by atoms with Crippen molar-refractivity contribution in [1.29, 1.82) is 0 Å². The molecule has 0 bridgehead atoms. The summed E-state index contributed by atoms with van der Waals surface area (Å²) in [5.41, 5.74) is 3.19. The number of hydrogen-bond donors (Lipinski definition) is 0. The maximum atomic E-state index is 13.2. The van der Waals surface area contributed by atoms with E-state index in [1.165, 1.54) is 23.7 Å². The number of benzene rings is 1. The summed E-state index contributed by atoms with van der Waals surface area (Å²) >= 11 is 1.49. The van der Waals surface area contributed by atoms with Crippen molar-refractivity contribution in [2.24, 2.45) is 4.99 Å². The van der Waals surface area contributed by atoms with Crippen LogP contribution in [0.4, 0.5) is 18.9 Å². The lowest BCUT2D eigenvalue weighted by atomic mass is 9.89. The molecule has 0 atom stereocenters. The van der Waals surface area contributed by atoms with Gasteiger partial charge in [-0.2, -0.15) is 13.2 Å². The molecule has 1 aromatic carbocycles. The van der Waals surface area contributed by atoms with Crippen molar-refractivity contribution in [1.82, 2.24) is 19.9 Å². The van der Waals surface area contributed by atoms with Crippen molar-refractivity contribution in [3.63, 3.8) is 0 Å². The highest BCUT2D eigenvalue weighted by molar-refractivity contribution is 7.10. The van der Waals surface area contributed by atoms with Crippen LogP contribution in [0.5, 0.6) is 0 Å². The molecule has 184 valence electrons. The second-order valence-corrected chi connectivity index (χ2v) is 9.54. The minimum Gasteiger partial charge on any atom is -0.366 e. The molecule has 34 heavy (non-hydrogen) atoms. The Bertz CT molecular complexity index is 1140. The van der Waals surface area contributed by atoms with E-state index in [9.17, 15) is 13.2 Å². The molecule has 0 amide bonds. The van der Waals surface area contributed by atoms with E-state index in [1.54, 1.807) is 0 Å². The van der Waals surface area contributed by atoms with Gasteiger partial charge in [-0.3, -0.25) is 9.97 Å². The van der Waals surface area contributed by atoms with Crippen LogP contribution in [0.3, 0.4) is 0 Å². The molecule has 0 saturated carbocycles. The Balaban J connectivity index is 0.00000408. The van der Waals surface area contributed by atoms with Crippen LogP contribution in [0, 0.1) is 13.8 Å². The van der Waals surface area contributed by atoms with Crippen molar-refractivity contribution < 1.29 is 13.2 Å². The zero-order valence-corrected chi connectivity index (χ0v) is 21.7. The SMILES string of the molecule is CCN(C)C=Nc1cc(C)c(Cc2nc(-c3cnc(C(C)(C)C(F)(F)F)cn3)cs2)cc1C.Cl. The molecule has 0 aliphatic rings. The second kappa shape index (κ2) is 10.8. The molecule has 3 aromatic rings. The summed E-state index contributed by atoms with van der Waals surface area (Å²) in [6.45, 7) is 9.24. The summed E-state index contributed by atoms with van der Waals surface area (Å²) in [6.07, 6.45) is 0.626. The third-order valence-electron chi connectivity index (χ3n) is 5.70. The molecule has 10 heteroatoms. The molecule has 0 fully saturated rings. The van der Waals surface area contributed by atoms with Crippen LogP contribution in [0.1, 0.15) is 48.2 Å². The fourth-order valence-electron chi connectivity index (χ4n) is 3.03. The first kappa shape index (κ1) is 27.7. The van der Waals surface area contributed by atoms with E-state index < -0.39 is 11.6 Å². The Labute approximate surface area is 208 Å². The van der Waals surface area contributed by atoms with Gasteiger partial charge in [0.2, 0.25) is 0 Å². The number of thiazole rings is 1. The van der Waals surface area contributed by atoms with Gasteiger partial charge in [0, 0.05) is 25.4 Å². The number of halogens is 4. The van der Waals surface area contributed by atoms with E-state index in [1.807, 2.05) is 30.6 Å². The molecule has 0 N–H and O–H groups in total. The minimum atomic E-state index is -4.40. The molecule has 0 spiro atoms. The van der Waals surface area contributed by atoms with Crippen LogP contribution in [-0.2, 0) is 11.8 Å². The molecule has 0 aliphatic carbocycles. The Kier molecular flexibility index (Phi) is 8.82. The first-order chi connectivity index (χ1) is 15.4. The molecule has 0 saturated heterocycles. The second-order valence-electron chi connectivity index (χ2n) is 8.60. The molecule has 2 aromatic heterocycles. The van der Waals surface area contributed by atoms with Gasteiger partial charge in [-0.1, -0.05) is 6.07 Å². The van der Waals surface area contributed by atoms with Crippen molar-refractivity contribution in [3.8, 4) is 11.4 Å². The molecular weight excluding hydrogens is 483 g/mol. The molecule has 3 rings (SSSR count). The van der Waals surface area contributed by atoms with Crippen molar-refractivity contribution in [3.05, 3.63) is 57.3 Å². The molecule has 0 aliphatic heterocycles. The zero-order valence-electron chi connectivity index (χ0n) is 20.1. The van der Waals surface area contributed by atoms with Gasteiger partial charge in [-0.05, 0) is 57.4 Å². The van der Waals surface area contributed by atoms with E-state index in [0.29, 0.717) is 17.8 Å². The van der Waals surface area contributed by atoms with E-state index in [4.69, 9.17) is 0 Å². The highest BCUT2D eigenvalue weighted by Gasteiger charge is 2.49. The number of nitrogens with zero attached hydrogens (tertiary/aromatic N) is 5. The average Bonchev–Trinajstić information content (AvgIpc) is 3.22. The fourth-order valence-corrected chi connectivity index (χ4v) is 3.84. The number of aryl methyl sites for hydroxylation is 2. The quantitative estimate of drug-likeness (QED) is 0.262. The van der Waals surface area contributed by atoms with Crippen LogP contribution < -0.4 is 0 Å². The molecular formula is C24H29ClF3N5S. The lowest BCUT2D eigenvalue weighted by Gasteiger charge is -2.26. The van der Waals surface area contributed by atoms with Gasteiger partial charge in [0.05, 0.1) is 35.1 Å². The van der Waals surface area contributed by atoms with Crippen LogP contribution >= 0.6 is 23.7 Å². The lowest BCUT2D eigenvalue weighted by molar-refractivity contribution is -0.181. The van der Waals surface area contributed by atoms with Gasteiger partial charge in [0.15, 0.2) is 0 Å². The first-order valence-corrected chi connectivity index (χ1v) is 11.5. The van der Waals surface area contributed by atoms with E-state index >= 15 is 0 Å². The maximum absolute atomic E-state index is 13.2. The van der Waals surface area contributed by atoms with Crippen LogP contribution in [-0.4, -0.2) is 46.0 Å². The molecule has 2 heterocycles. The van der Waals surface area contributed by atoms with Gasteiger partial charge in [-0.15, -0.1) is 23.7 Å². The zero-order chi connectivity index (χ0) is 24.4. The molecule has 0 unspecified atom stereocenters. The third kappa shape index (κ3) is 6.13. The number of rotatable bonds is 7. The highest BCUT2D eigenvalue weighted by Crippen LogP contribution is 2.39. The van der Waals surface area contributed by atoms with Crippen LogP contribution in [0.2, 0.25) is 0 Å². The Hall–Kier alpha value is -2.52. The topological polar surface area (TPSA) is 54.3 Å². The normalized spacial score (nSPS) is 12.1. The fraction of sp³-hybridized carbons (Fsp3) is 0.417. The van der Waals surface area contributed by atoms with Crippen LogP contribution in [0.25, 0.3) is 11.4 Å². The summed E-state index contributed by atoms with van der Waals surface area (Å²) < 4.78 is 39.7. The third-order valence-corrected chi connectivity index (χ3v) is 6.55. The van der Waals surface area contributed by atoms with Crippen molar-refractivity contribution in [2.75, 3.05) is 13.6 Å². The van der Waals surface area contributed by atoms with E-state index in [0.717, 1.165) is 47.8 Å². The predicted molar refractivity (Wildman–Crippen MR) is 135 cm³/mol. The van der Waals surface area contributed by atoms with Crippen molar-refractivity contribution in [2.45, 2.75) is 52.6 Å².